The van der Waals surface area contributed by atoms with E-state index in [1.807, 2.05) is 13.0 Å². The molecule has 146 valence electrons. The van der Waals surface area contributed by atoms with Gasteiger partial charge in [-0.1, -0.05) is 30.3 Å². The minimum atomic E-state index is -0.0585. The molecule has 1 saturated heterocycles. The van der Waals surface area contributed by atoms with Crippen molar-refractivity contribution in [2.24, 2.45) is 0 Å². The lowest BCUT2D eigenvalue weighted by atomic mass is 10.0. The van der Waals surface area contributed by atoms with Crippen molar-refractivity contribution >= 4 is 16.7 Å². The molecule has 1 amide bonds. The molecule has 0 aromatic heterocycles. The molecule has 1 aliphatic rings. The van der Waals surface area contributed by atoms with E-state index in [0.717, 1.165) is 25.3 Å². The number of methoxy groups -OCH3 is 1. The van der Waals surface area contributed by atoms with Crippen LogP contribution < -0.4 is 15.4 Å². The van der Waals surface area contributed by atoms with E-state index in [1.54, 1.807) is 7.11 Å². The number of nitrogens with one attached hydrogen (secondary N) is 2. The molecule has 3 rings (SSSR count). The summed E-state index contributed by atoms with van der Waals surface area (Å²) in [4.78, 5) is 14.7. The molecular formula is C22H31N3O2. The standard InChI is InChI=1S/C22H31N3O2/c1-5-23-22(26)20-12-17(14-25(20)15(2)3)24-13-19-18-9-7-6-8-16(18)10-11-21(19)27-4/h6-11,15,17,20,24H,5,12-14H2,1-4H3,(H,23,26)/t17-,20-/m0/s1. The monoisotopic (exact) mass is 369 g/mol. The van der Waals surface area contributed by atoms with Crippen LogP contribution in [0.3, 0.4) is 0 Å². The van der Waals surface area contributed by atoms with E-state index in [9.17, 15) is 4.79 Å². The molecule has 2 aromatic rings. The minimum Gasteiger partial charge on any atom is -0.496 e. The summed E-state index contributed by atoms with van der Waals surface area (Å²) < 4.78 is 5.60. The molecule has 5 nitrogen and oxygen atoms in total. The molecule has 1 fully saturated rings. The summed E-state index contributed by atoms with van der Waals surface area (Å²) >= 11 is 0. The molecule has 1 aliphatic heterocycles. The number of amides is 1. The van der Waals surface area contributed by atoms with Crippen molar-refractivity contribution in [3.8, 4) is 5.75 Å². The van der Waals surface area contributed by atoms with E-state index in [1.165, 1.54) is 16.3 Å². The highest BCUT2D eigenvalue weighted by molar-refractivity contribution is 5.87. The van der Waals surface area contributed by atoms with E-state index in [4.69, 9.17) is 4.74 Å². The quantitative estimate of drug-likeness (QED) is 0.788. The Hall–Kier alpha value is -2.11. The highest BCUT2D eigenvalue weighted by Crippen LogP contribution is 2.29. The van der Waals surface area contributed by atoms with Crippen LogP contribution in [0, 0.1) is 0 Å². The van der Waals surface area contributed by atoms with Crippen molar-refractivity contribution < 1.29 is 9.53 Å². The number of carbonyl (C=O) groups is 1. The first-order valence-corrected chi connectivity index (χ1v) is 9.86. The fourth-order valence-corrected chi connectivity index (χ4v) is 4.07. The van der Waals surface area contributed by atoms with Crippen LogP contribution >= 0.6 is 0 Å². The number of ether oxygens (including phenoxy) is 1. The van der Waals surface area contributed by atoms with Gasteiger partial charge in [0, 0.05) is 37.3 Å². The number of fused-ring (bicyclic) bond motifs is 1. The van der Waals surface area contributed by atoms with Crippen molar-refractivity contribution in [3.63, 3.8) is 0 Å². The Morgan fingerprint density at radius 1 is 1.26 bits per heavy atom. The minimum absolute atomic E-state index is 0.0585. The lowest BCUT2D eigenvalue weighted by molar-refractivity contribution is -0.125. The SMILES string of the molecule is CCNC(=O)[C@@H]1C[C@H](NCc2c(OC)ccc3ccccc23)CN1C(C)C. The summed E-state index contributed by atoms with van der Waals surface area (Å²) in [6.45, 7) is 8.56. The van der Waals surface area contributed by atoms with Gasteiger partial charge in [0.25, 0.3) is 0 Å². The Balaban J connectivity index is 1.75. The molecule has 0 unspecified atom stereocenters. The number of likely N-dealkylation sites (tertiary alicyclic amines) is 1. The number of hydrogen-bond donors (Lipinski definition) is 2. The van der Waals surface area contributed by atoms with Crippen LogP contribution in [0.2, 0.25) is 0 Å². The second-order valence-electron chi connectivity index (χ2n) is 7.48. The number of nitrogens with zero attached hydrogens (tertiary/aromatic N) is 1. The molecule has 0 saturated carbocycles. The van der Waals surface area contributed by atoms with Crippen LogP contribution in [-0.2, 0) is 11.3 Å². The molecule has 2 aromatic carbocycles. The first-order chi connectivity index (χ1) is 13.0. The van der Waals surface area contributed by atoms with Crippen LogP contribution in [0.25, 0.3) is 10.8 Å². The van der Waals surface area contributed by atoms with E-state index in [-0.39, 0.29) is 18.0 Å². The first-order valence-electron chi connectivity index (χ1n) is 9.86. The van der Waals surface area contributed by atoms with Crippen LogP contribution in [0.1, 0.15) is 32.8 Å². The van der Waals surface area contributed by atoms with Crippen molar-refractivity contribution in [1.82, 2.24) is 15.5 Å². The average Bonchev–Trinajstić information content (AvgIpc) is 3.11. The van der Waals surface area contributed by atoms with Gasteiger partial charge in [-0.2, -0.15) is 0 Å². The molecule has 0 radical (unpaired) electrons. The van der Waals surface area contributed by atoms with Gasteiger partial charge in [-0.05, 0) is 44.0 Å². The molecule has 0 bridgehead atoms. The van der Waals surface area contributed by atoms with Gasteiger partial charge in [0.05, 0.1) is 13.2 Å². The fourth-order valence-electron chi connectivity index (χ4n) is 4.07. The predicted octanol–water partition coefficient (Wildman–Crippen LogP) is 2.93. The number of rotatable bonds is 7. The lowest BCUT2D eigenvalue weighted by Gasteiger charge is -2.27. The maximum Gasteiger partial charge on any atom is 0.237 e. The zero-order chi connectivity index (χ0) is 19.4. The van der Waals surface area contributed by atoms with Gasteiger partial charge in [0.15, 0.2) is 0 Å². The van der Waals surface area contributed by atoms with E-state index >= 15 is 0 Å². The highest BCUT2D eigenvalue weighted by Gasteiger charge is 2.37. The van der Waals surface area contributed by atoms with E-state index in [0.29, 0.717) is 12.6 Å². The van der Waals surface area contributed by atoms with Gasteiger partial charge in [0.2, 0.25) is 5.91 Å². The normalized spacial score (nSPS) is 20.3. The molecule has 0 spiro atoms. The lowest BCUT2D eigenvalue weighted by Crippen LogP contribution is -2.46. The van der Waals surface area contributed by atoms with Crippen molar-refractivity contribution in [3.05, 3.63) is 42.0 Å². The Labute approximate surface area is 162 Å². The Morgan fingerprint density at radius 3 is 2.74 bits per heavy atom. The van der Waals surface area contributed by atoms with Gasteiger partial charge in [-0.25, -0.2) is 0 Å². The predicted molar refractivity (Wildman–Crippen MR) is 110 cm³/mol. The van der Waals surface area contributed by atoms with Crippen molar-refractivity contribution in [2.45, 2.75) is 51.9 Å². The second-order valence-corrected chi connectivity index (χ2v) is 7.48. The first kappa shape index (κ1) is 19.6. The molecule has 1 heterocycles. The Bertz CT molecular complexity index is 790. The Kier molecular flexibility index (Phi) is 6.34. The number of hydrogen-bond acceptors (Lipinski definition) is 4. The third-order valence-corrected chi connectivity index (χ3v) is 5.44. The highest BCUT2D eigenvalue weighted by atomic mass is 16.5. The molecule has 27 heavy (non-hydrogen) atoms. The number of likely N-dealkylation sites (N-methyl/N-ethyl adjacent to an activating group) is 1. The average molecular weight is 370 g/mol. The van der Waals surface area contributed by atoms with Gasteiger partial charge in [-0.15, -0.1) is 0 Å². The third-order valence-electron chi connectivity index (χ3n) is 5.44. The van der Waals surface area contributed by atoms with Crippen molar-refractivity contribution in [1.29, 1.82) is 0 Å². The van der Waals surface area contributed by atoms with Gasteiger partial charge < -0.3 is 15.4 Å². The van der Waals surface area contributed by atoms with Crippen molar-refractivity contribution in [2.75, 3.05) is 20.2 Å². The Morgan fingerprint density at radius 2 is 2.04 bits per heavy atom. The van der Waals surface area contributed by atoms with Gasteiger partial charge in [-0.3, -0.25) is 9.69 Å². The van der Waals surface area contributed by atoms with Crippen LogP contribution in [0.15, 0.2) is 36.4 Å². The zero-order valence-corrected chi connectivity index (χ0v) is 16.8. The maximum absolute atomic E-state index is 12.5. The molecule has 5 heteroatoms. The number of carbonyl (C=O) groups excluding carboxylic acids is 1. The molecule has 2 N–H and O–H groups in total. The zero-order valence-electron chi connectivity index (χ0n) is 16.8. The van der Waals surface area contributed by atoms with E-state index < -0.39 is 0 Å². The summed E-state index contributed by atoms with van der Waals surface area (Å²) in [5, 5.41) is 9.08. The summed E-state index contributed by atoms with van der Waals surface area (Å²) in [6, 6.07) is 13.1. The van der Waals surface area contributed by atoms with Crippen LogP contribution in [-0.4, -0.2) is 49.1 Å². The van der Waals surface area contributed by atoms with Gasteiger partial charge in [0.1, 0.15) is 5.75 Å². The topological polar surface area (TPSA) is 53.6 Å². The summed E-state index contributed by atoms with van der Waals surface area (Å²) in [5.74, 6) is 1.04. The van der Waals surface area contributed by atoms with Crippen LogP contribution in [0.5, 0.6) is 5.75 Å². The van der Waals surface area contributed by atoms with Crippen LogP contribution in [0.4, 0.5) is 0 Å². The van der Waals surface area contributed by atoms with Gasteiger partial charge >= 0.3 is 0 Å². The maximum atomic E-state index is 12.5. The summed E-state index contributed by atoms with van der Waals surface area (Å²) in [7, 11) is 1.72. The third kappa shape index (κ3) is 4.25. The summed E-state index contributed by atoms with van der Waals surface area (Å²) in [6.07, 6.45) is 0.830. The fraction of sp³-hybridized carbons (Fsp3) is 0.500. The smallest absolute Gasteiger partial charge is 0.237 e. The second kappa shape index (κ2) is 8.72. The number of benzene rings is 2. The molecular weight excluding hydrogens is 338 g/mol. The van der Waals surface area contributed by atoms with E-state index in [2.05, 4.69) is 59.7 Å². The molecule has 0 aliphatic carbocycles. The summed E-state index contributed by atoms with van der Waals surface area (Å²) in [5.41, 5.74) is 1.17. The molecule has 2 atom stereocenters. The largest absolute Gasteiger partial charge is 0.496 e.